The van der Waals surface area contributed by atoms with Gasteiger partial charge in [0, 0.05) is 18.3 Å². The normalized spacial score (nSPS) is 13.2. The number of benzene rings is 1. The molecule has 0 saturated heterocycles. The van der Waals surface area contributed by atoms with Gasteiger partial charge in [-0.25, -0.2) is 0 Å². The van der Waals surface area contributed by atoms with Gasteiger partial charge in [-0.15, -0.1) is 0 Å². The molecule has 1 rings (SSSR count). The number of aryl methyl sites for hydroxylation is 1. The zero-order valence-corrected chi connectivity index (χ0v) is 12.8. The molecule has 0 fully saturated rings. The van der Waals surface area contributed by atoms with Crippen LogP contribution in [0.15, 0.2) is 12.1 Å². The Morgan fingerprint density at radius 1 is 1.42 bits per heavy atom. The second kappa shape index (κ2) is 5.78. The van der Waals surface area contributed by atoms with Gasteiger partial charge < -0.3 is 5.32 Å². The number of halogens is 1. The molecule has 1 aromatic carbocycles. The average Bonchev–Trinajstić information content (AvgIpc) is 2.27. The van der Waals surface area contributed by atoms with Gasteiger partial charge >= 0.3 is 0 Å². The Balaban J connectivity index is 2.86. The third-order valence-corrected chi connectivity index (χ3v) is 3.87. The summed E-state index contributed by atoms with van der Waals surface area (Å²) in [5.41, 5.74) is 1.85. The number of nitrogens with one attached hydrogen (secondary N) is 1. The molecule has 0 aliphatic carbocycles. The molecule has 0 aromatic heterocycles. The quantitative estimate of drug-likeness (QED) is 0.647. The van der Waals surface area contributed by atoms with Gasteiger partial charge in [0.05, 0.1) is 4.92 Å². The van der Waals surface area contributed by atoms with Crippen LogP contribution in [0.2, 0.25) is 5.02 Å². The fraction of sp³-hybridized carbons (Fsp3) is 0.571. The van der Waals surface area contributed by atoms with E-state index in [0.717, 1.165) is 17.8 Å². The van der Waals surface area contributed by atoms with E-state index < -0.39 is 4.92 Å². The monoisotopic (exact) mass is 284 g/mol. The van der Waals surface area contributed by atoms with E-state index in [0.29, 0.717) is 5.92 Å². The van der Waals surface area contributed by atoms with Crippen molar-refractivity contribution in [2.75, 3.05) is 11.9 Å². The molecular weight excluding hydrogens is 264 g/mol. The van der Waals surface area contributed by atoms with Crippen LogP contribution < -0.4 is 5.32 Å². The number of hydrogen-bond donors (Lipinski definition) is 1. The SMILES string of the molecule is Cc1cc([N+](=O)[O-])c(Cl)cc1NCC(C)C(C)(C)C. The van der Waals surface area contributed by atoms with Crippen molar-refractivity contribution in [1.29, 1.82) is 0 Å². The van der Waals surface area contributed by atoms with Crippen molar-refractivity contribution in [1.82, 2.24) is 0 Å². The third-order valence-electron chi connectivity index (χ3n) is 3.57. The summed E-state index contributed by atoms with van der Waals surface area (Å²) < 4.78 is 0. The first kappa shape index (κ1) is 15.8. The molecule has 0 saturated carbocycles. The number of hydrogen-bond acceptors (Lipinski definition) is 3. The van der Waals surface area contributed by atoms with Crippen molar-refractivity contribution in [2.45, 2.75) is 34.6 Å². The predicted molar refractivity (Wildman–Crippen MR) is 80.0 cm³/mol. The summed E-state index contributed by atoms with van der Waals surface area (Å²) in [5, 5.41) is 14.3. The van der Waals surface area contributed by atoms with Crippen molar-refractivity contribution in [3.8, 4) is 0 Å². The van der Waals surface area contributed by atoms with Gasteiger partial charge in [0.25, 0.3) is 5.69 Å². The Morgan fingerprint density at radius 3 is 2.47 bits per heavy atom. The van der Waals surface area contributed by atoms with Gasteiger partial charge in [-0.05, 0) is 29.9 Å². The summed E-state index contributed by atoms with van der Waals surface area (Å²) in [4.78, 5) is 10.3. The first-order chi connectivity index (χ1) is 8.62. The molecule has 1 aromatic rings. The molecule has 1 N–H and O–H groups in total. The van der Waals surface area contributed by atoms with Crippen LogP contribution in [0, 0.1) is 28.4 Å². The van der Waals surface area contributed by atoms with Crippen LogP contribution >= 0.6 is 11.6 Å². The fourth-order valence-electron chi connectivity index (χ4n) is 1.57. The molecule has 0 radical (unpaired) electrons. The lowest BCUT2D eigenvalue weighted by molar-refractivity contribution is -0.384. The largest absolute Gasteiger partial charge is 0.384 e. The lowest BCUT2D eigenvalue weighted by atomic mass is 9.82. The van der Waals surface area contributed by atoms with Crippen molar-refractivity contribution in [3.05, 3.63) is 32.8 Å². The Morgan fingerprint density at radius 2 is 2.00 bits per heavy atom. The molecule has 0 heterocycles. The van der Waals surface area contributed by atoms with Gasteiger partial charge in [0.2, 0.25) is 0 Å². The second-order valence-corrected chi connectivity index (χ2v) is 6.43. The standard InChI is InChI=1S/C14H21ClN2O2/c1-9-6-13(17(18)19)11(15)7-12(9)16-8-10(2)14(3,4)5/h6-7,10,16H,8H2,1-5H3. The highest BCUT2D eigenvalue weighted by molar-refractivity contribution is 6.33. The van der Waals surface area contributed by atoms with Crippen molar-refractivity contribution in [3.63, 3.8) is 0 Å². The Kier molecular flexibility index (Phi) is 4.80. The molecular formula is C14H21ClN2O2. The van der Waals surface area contributed by atoms with Crippen LogP contribution in [-0.4, -0.2) is 11.5 Å². The maximum Gasteiger partial charge on any atom is 0.288 e. The van der Waals surface area contributed by atoms with Crippen LogP contribution in [0.4, 0.5) is 11.4 Å². The van der Waals surface area contributed by atoms with Gasteiger partial charge in [0.15, 0.2) is 0 Å². The van der Waals surface area contributed by atoms with Crippen LogP contribution in [-0.2, 0) is 0 Å². The number of nitrogens with zero attached hydrogens (tertiary/aromatic N) is 1. The minimum atomic E-state index is -0.461. The molecule has 0 amide bonds. The summed E-state index contributed by atoms with van der Waals surface area (Å²) in [5.74, 6) is 0.473. The molecule has 106 valence electrons. The minimum absolute atomic E-state index is 0.0476. The summed E-state index contributed by atoms with van der Waals surface area (Å²) >= 11 is 5.92. The zero-order valence-electron chi connectivity index (χ0n) is 12.1. The average molecular weight is 285 g/mol. The van der Waals surface area contributed by atoms with Crippen LogP contribution in [0.25, 0.3) is 0 Å². The minimum Gasteiger partial charge on any atom is -0.384 e. The summed E-state index contributed by atoms with van der Waals surface area (Å²) in [6.07, 6.45) is 0. The molecule has 4 nitrogen and oxygen atoms in total. The van der Waals surface area contributed by atoms with Crippen LogP contribution in [0.5, 0.6) is 0 Å². The third kappa shape index (κ3) is 4.10. The molecule has 1 unspecified atom stereocenters. The van der Waals surface area contributed by atoms with E-state index in [9.17, 15) is 10.1 Å². The number of rotatable bonds is 4. The molecule has 0 aliphatic rings. The lowest BCUT2D eigenvalue weighted by Gasteiger charge is -2.28. The number of nitro benzene ring substituents is 1. The first-order valence-corrected chi connectivity index (χ1v) is 6.69. The van der Waals surface area contributed by atoms with Crippen LogP contribution in [0.3, 0.4) is 0 Å². The van der Waals surface area contributed by atoms with Gasteiger partial charge in [-0.3, -0.25) is 10.1 Å². The van der Waals surface area contributed by atoms with E-state index in [4.69, 9.17) is 11.6 Å². The molecule has 0 aliphatic heterocycles. The van der Waals surface area contributed by atoms with Crippen molar-refractivity contribution in [2.24, 2.45) is 11.3 Å². The summed E-state index contributed by atoms with van der Waals surface area (Å²) in [6.45, 7) is 11.4. The molecule has 1 atom stereocenters. The van der Waals surface area contributed by atoms with Gasteiger partial charge in [-0.2, -0.15) is 0 Å². The second-order valence-electron chi connectivity index (χ2n) is 6.02. The van der Waals surface area contributed by atoms with Crippen molar-refractivity contribution >= 4 is 23.0 Å². The highest BCUT2D eigenvalue weighted by atomic mass is 35.5. The predicted octanol–water partition coefficient (Wildman–Crippen LogP) is 4.65. The molecule has 19 heavy (non-hydrogen) atoms. The van der Waals surface area contributed by atoms with E-state index in [1.54, 1.807) is 6.07 Å². The Bertz CT molecular complexity index is 481. The highest BCUT2D eigenvalue weighted by Gasteiger charge is 2.20. The fourth-order valence-corrected chi connectivity index (χ4v) is 1.80. The van der Waals surface area contributed by atoms with E-state index in [1.165, 1.54) is 6.07 Å². The first-order valence-electron chi connectivity index (χ1n) is 6.31. The van der Waals surface area contributed by atoms with Gasteiger partial charge in [-0.1, -0.05) is 39.3 Å². The molecule has 5 heteroatoms. The molecule has 0 spiro atoms. The molecule has 0 bridgehead atoms. The van der Waals surface area contributed by atoms with E-state index in [1.807, 2.05) is 6.92 Å². The maximum atomic E-state index is 10.8. The summed E-state index contributed by atoms with van der Waals surface area (Å²) in [6, 6.07) is 3.14. The van der Waals surface area contributed by atoms with E-state index in [2.05, 4.69) is 33.0 Å². The Labute approximate surface area is 119 Å². The van der Waals surface area contributed by atoms with Crippen LogP contribution in [0.1, 0.15) is 33.3 Å². The Hall–Kier alpha value is -1.29. The topological polar surface area (TPSA) is 55.2 Å². The lowest BCUT2D eigenvalue weighted by Crippen LogP contribution is -2.25. The smallest absolute Gasteiger partial charge is 0.288 e. The number of anilines is 1. The maximum absolute atomic E-state index is 10.8. The number of nitro groups is 1. The van der Waals surface area contributed by atoms with E-state index >= 15 is 0 Å². The zero-order chi connectivity index (χ0) is 14.8. The van der Waals surface area contributed by atoms with Gasteiger partial charge in [0.1, 0.15) is 5.02 Å². The van der Waals surface area contributed by atoms with E-state index in [-0.39, 0.29) is 16.1 Å². The highest BCUT2D eigenvalue weighted by Crippen LogP contribution is 2.31. The van der Waals surface area contributed by atoms with Crippen molar-refractivity contribution < 1.29 is 4.92 Å². The summed E-state index contributed by atoms with van der Waals surface area (Å²) in [7, 11) is 0.